The van der Waals surface area contributed by atoms with Gasteiger partial charge >= 0.3 is 0 Å². The molecular weight excluding hydrogens is 292 g/mol. The van der Waals surface area contributed by atoms with Gasteiger partial charge in [0.2, 0.25) is 11.8 Å². The molecule has 0 saturated heterocycles. The second-order valence-electron chi connectivity index (χ2n) is 4.37. The lowest BCUT2D eigenvalue weighted by Gasteiger charge is -2.07. The number of carbonyl (C=O) groups is 3. The number of rotatable bonds is 15. The van der Waals surface area contributed by atoms with Crippen LogP contribution in [-0.4, -0.2) is 71.3 Å². The van der Waals surface area contributed by atoms with Gasteiger partial charge in [0.15, 0.2) is 0 Å². The lowest BCUT2D eigenvalue weighted by atomic mass is 10.4. The van der Waals surface area contributed by atoms with Gasteiger partial charge in [0, 0.05) is 39.5 Å². The molecule has 22 heavy (non-hydrogen) atoms. The Bertz CT molecular complexity index is 312. The number of hydrogen-bond donors (Lipinski definition) is 2. The number of ether oxygens (including phenoxy) is 3. The molecule has 0 fully saturated rings. The van der Waals surface area contributed by atoms with Crippen molar-refractivity contribution in [1.82, 2.24) is 10.6 Å². The third-order valence-electron chi connectivity index (χ3n) is 2.52. The largest absolute Gasteiger partial charge is 0.384 e. The average Bonchev–Trinajstić information content (AvgIpc) is 2.52. The molecule has 0 spiro atoms. The van der Waals surface area contributed by atoms with E-state index in [0.717, 1.165) is 6.29 Å². The maximum atomic E-state index is 11.4. The zero-order valence-corrected chi connectivity index (χ0v) is 13.1. The number of carbonyl (C=O) groups excluding carboxylic acids is 3. The van der Waals surface area contributed by atoms with Gasteiger partial charge in [-0.3, -0.25) is 9.59 Å². The van der Waals surface area contributed by atoms with E-state index in [2.05, 4.69) is 10.6 Å². The van der Waals surface area contributed by atoms with E-state index < -0.39 is 0 Å². The molecule has 0 bridgehead atoms. The summed E-state index contributed by atoms with van der Waals surface area (Å²) >= 11 is 0. The second kappa shape index (κ2) is 15.9. The predicted octanol–water partition coefficient (Wildman–Crippen LogP) is -0.732. The molecule has 0 radical (unpaired) electrons. The van der Waals surface area contributed by atoms with Crippen LogP contribution in [0.3, 0.4) is 0 Å². The van der Waals surface area contributed by atoms with Crippen LogP contribution in [0, 0.1) is 0 Å². The van der Waals surface area contributed by atoms with Crippen molar-refractivity contribution in [3.8, 4) is 0 Å². The fourth-order valence-electron chi connectivity index (χ4n) is 1.40. The first kappa shape index (κ1) is 20.5. The Morgan fingerprint density at radius 3 is 1.95 bits per heavy atom. The summed E-state index contributed by atoms with van der Waals surface area (Å²) in [4.78, 5) is 32.6. The van der Waals surface area contributed by atoms with Gasteiger partial charge in [0.05, 0.1) is 33.0 Å². The molecule has 0 rings (SSSR count). The van der Waals surface area contributed by atoms with Gasteiger partial charge in [0.1, 0.15) is 6.29 Å². The van der Waals surface area contributed by atoms with Crippen LogP contribution < -0.4 is 10.6 Å². The smallest absolute Gasteiger partial charge is 0.222 e. The van der Waals surface area contributed by atoms with Gasteiger partial charge < -0.3 is 29.6 Å². The molecule has 0 aliphatic carbocycles. The maximum Gasteiger partial charge on any atom is 0.222 e. The van der Waals surface area contributed by atoms with Gasteiger partial charge in [-0.2, -0.15) is 0 Å². The monoisotopic (exact) mass is 318 g/mol. The molecule has 0 aromatic heterocycles. The summed E-state index contributed by atoms with van der Waals surface area (Å²) in [6.45, 7) is 2.63. The van der Waals surface area contributed by atoms with Gasteiger partial charge in [-0.05, 0) is 0 Å². The van der Waals surface area contributed by atoms with Gasteiger partial charge in [0.25, 0.3) is 0 Å². The summed E-state index contributed by atoms with van der Waals surface area (Å²) < 4.78 is 15.1. The van der Waals surface area contributed by atoms with E-state index in [1.165, 1.54) is 0 Å². The quantitative estimate of drug-likeness (QED) is 0.305. The Morgan fingerprint density at radius 1 is 0.864 bits per heavy atom. The molecule has 0 unspecified atom stereocenters. The molecule has 0 aromatic rings. The number of methoxy groups -OCH3 is 1. The van der Waals surface area contributed by atoms with E-state index in [9.17, 15) is 14.4 Å². The Balaban J connectivity index is 3.27. The van der Waals surface area contributed by atoms with E-state index in [1.807, 2.05) is 0 Å². The highest BCUT2D eigenvalue weighted by molar-refractivity contribution is 5.76. The lowest BCUT2D eigenvalue weighted by molar-refractivity contribution is -0.123. The molecule has 8 nitrogen and oxygen atoms in total. The van der Waals surface area contributed by atoms with Crippen LogP contribution >= 0.6 is 0 Å². The summed E-state index contributed by atoms with van der Waals surface area (Å²) in [7, 11) is 1.54. The highest BCUT2D eigenvalue weighted by Gasteiger charge is 2.02. The summed E-state index contributed by atoms with van der Waals surface area (Å²) in [5.41, 5.74) is 0. The van der Waals surface area contributed by atoms with Crippen LogP contribution in [0.2, 0.25) is 0 Å². The van der Waals surface area contributed by atoms with Crippen molar-refractivity contribution in [2.75, 3.05) is 53.2 Å². The summed E-state index contributed by atoms with van der Waals surface area (Å²) in [5.74, 6) is -0.208. The molecule has 0 aliphatic rings. The van der Waals surface area contributed by atoms with Crippen LogP contribution in [-0.2, 0) is 28.6 Å². The Kier molecular flexibility index (Phi) is 14.8. The third kappa shape index (κ3) is 14.9. The highest BCUT2D eigenvalue weighted by Crippen LogP contribution is 1.85. The van der Waals surface area contributed by atoms with Crippen molar-refractivity contribution < 1.29 is 28.6 Å². The van der Waals surface area contributed by atoms with Crippen molar-refractivity contribution in [3.05, 3.63) is 0 Å². The maximum absolute atomic E-state index is 11.4. The van der Waals surface area contributed by atoms with Crippen LogP contribution in [0.1, 0.15) is 19.3 Å². The number of hydrogen-bond acceptors (Lipinski definition) is 6. The average molecular weight is 318 g/mol. The standard InChI is InChI=1S/C14H26N2O6/c1-20-9-3-13(18)15-6-12-22-10-4-14(19)16-5-11-21-8-2-7-17/h7H,2-6,8-12H2,1H3,(H,15,18)(H,16,19). The first-order valence-corrected chi connectivity index (χ1v) is 7.32. The van der Waals surface area contributed by atoms with E-state index in [-0.39, 0.29) is 18.2 Å². The predicted molar refractivity (Wildman–Crippen MR) is 79.4 cm³/mol. The minimum absolute atomic E-state index is 0.0854. The summed E-state index contributed by atoms with van der Waals surface area (Å²) in [6, 6.07) is 0. The molecule has 2 N–H and O–H groups in total. The topological polar surface area (TPSA) is 103 Å². The fraction of sp³-hybridized carbons (Fsp3) is 0.786. The molecule has 8 heteroatoms. The Hall–Kier alpha value is -1.51. The van der Waals surface area contributed by atoms with Gasteiger partial charge in [-0.15, -0.1) is 0 Å². The zero-order chi connectivity index (χ0) is 16.5. The van der Waals surface area contributed by atoms with Crippen molar-refractivity contribution >= 4 is 18.1 Å². The first-order valence-electron chi connectivity index (χ1n) is 7.32. The number of aldehydes is 1. The molecule has 0 atom stereocenters. The summed E-state index contributed by atoms with van der Waals surface area (Å²) in [5, 5.41) is 5.35. The molecule has 0 saturated carbocycles. The van der Waals surface area contributed by atoms with Crippen LogP contribution in [0.25, 0.3) is 0 Å². The summed E-state index contributed by atoms with van der Waals surface area (Å²) in [6.07, 6.45) is 1.74. The minimum Gasteiger partial charge on any atom is -0.384 e. The second-order valence-corrected chi connectivity index (χ2v) is 4.37. The molecular formula is C14H26N2O6. The van der Waals surface area contributed by atoms with E-state index in [1.54, 1.807) is 7.11 Å². The Labute approximate surface area is 130 Å². The first-order chi connectivity index (χ1) is 10.7. The van der Waals surface area contributed by atoms with Crippen LogP contribution in [0.4, 0.5) is 0 Å². The SMILES string of the molecule is COCCC(=O)NCCOCCC(=O)NCCOCCC=O. The number of amides is 2. The van der Waals surface area contributed by atoms with Crippen molar-refractivity contribution in [3.63, 3.8) is 0 Å². The fourth-order valence-corrected chi connectivity index (χ4v) is 1.40. The molecule has 2 amide bonds. The molecule has 128 valence electrons. The van der Waals surface area contributed by atoms with E-state index in [4.69, 9.17) is 14.2 Å². The normalized spacial score (nSPS) is 10.2. The highest BCUT2D eigenvalue weighted by atomic mass is 16.5. The van der Waals surface area contributed by atoms with Gasteiger partial charge in [-0.25, -0.2) is 0 Å². The molecule has 0 heterocycles. The third-order valence-corrected chi connectivity index (χ3v) is 2.52. The van der Waals surface area contributed by atoms with E-state index in [0.29, 0.717) is 59.0 Å². The molecule has 0 aromatic carbocycles. The molecule has 0 aliphatic heterocycles. The van der Waals surface area contributed by atoms with Gasteiger partial charge in [-0.1, -0.05) is 0 Å². The van der Waals surface area contributed by atoms with Crippen molar-refractivity contribution in [2.24, 2.45) is 0 Å². The van der Waals surface area contributed by atoms with Crippen LogP contribution in [0.15, 0.2) is 0 Å². The number of nitrogens with one attached hydrogen (secondary N) is 2. The van der Waals surface area contributed by atoms with Crippen LogP contribution in [0.5, 0.6) is 0 Å². The van der Waals surface area contributed by atoms with Crippen molar-refractivity contribution in [2.45, 2.75) is 19.3 Å². The Morgan fingerprint density at radius 2 is 1.41 bits per heavy atom. The lowest BCUT2D eigenvalue weighted by Crippen LogP contribution is -2.30. The zero-order valence-electron chi connectivity index (χ0n) is 13.1. The minimum atomic E-state index is -0.122. The van der Waals surface area contributed by atoms with E-state index >= 15 is 0 Å². The van der Waals surface area contributed by atoms with Crippen molar-refractivity contribution in [1.29, 1.82) is 0 Å².